The molecule has 4 heteroatoms. The van der Waals surface area contributed by atoms with Gasteiger partial charge in [0, 0.05) is 22.6 Å². The third kappa shape index (κ3) is 4.07. The molecule has 0 saturated heterocycles. The van der Waals surface area contributed by atoms with Crippen LogP contribution < -0.4 is 5.73 Å². The van der Waals surface area contributed by atoms with Gasteiger partial charge in [-0.15, -0.1) is 0 Å². The molecular weight excluding hydrogens is 328 g/mol. The number of benzene rings is 1. The molecule has 2 rings (SSSR count). The number of halogens is 1. The second-order valence-electron chi connectivity index (χ2n) is 6.16. The zero-order valence-electron chi connectivity index (χ0n) is 13.0. The standard InChI is InChI=1S/C17H27BrN2O/c1-3-14(19)17(12-7-6-8-13(18)11-12)20(2)15-9-4-5-10-16(15)21/h6-8,11,14-17,21H,3-5,9-10,19H2,1-2H3. The predicted octanol–water partition coefficient (Wildman–Crippen LogP) is 3.46. The Morgan fingerprint density at radius 1 is 1.38 bits per heavy atom. The highest BCUT2D eigenvalue weighted by atomic mass is 79.9. The normalized spacial score (nSPS) is 25.8. The van der Waals surface area contributed by atoms with Crippen LogP contribution in [0.15, 0.2) is 28.7 Å². The third-order valence-electron chi connectivity index (χ3n) is 4.72. The number of nitrogens with zero attached hydrogens (tertiary/aromatic N) is 1. The Morgan fingerprint density at radius 2 is 2.10 bits per heavy atom. The van der Waals surface area contributed by atoms with Crippen LogP contribution in [-0.2, 0) is 0 Å². The Kier molecular flexibility index (Phi) is 6.23. The van der Waals surface area contributed by atoms with Crippen LogP contribution in [0, 0.1) is 0 Å². The van der Waals surface area contributed by atoms with Gasteiger partial charge in [-0.1, -0.05) is 47.8 Å². The van der Waals surface area contributed by atoms with Gasteiger partial charge in [0.25, 0.3) is 0 Å². The van der Waals surface area contributed by atoms with Crippen molar-refractivity contribution < 1.29 is 5.11 Å². The van der Waals surface area contributed by atoms with E-state index in [1.807, 2.05) is 6.07 Å². The second-order valence-corrected chi connectivity index (χ2v) is 7.07. The van der Waals surface area contributed by atoms with Crippen LogP contribution in [-0.4, -0.2) is 35.2 Å². The zero-order valence-corrected chi connectivity index (χ0v) is 14.6. The maximum Gasteiger partial charge on any atom is 0.0695 e. The van der Waals surface area contributed by atoms with Crippen LogP contribution in [0.3, 0.4) is 0 Å². The summed E-state index contributed by atoms with van der Waals surface area (Å²) in [6.07, 6.45) is 4.97. The fourth-order valence-electron chi connectivity index (χ4n) is 3.47. The van der Waals surface area contributed by atoms with Crippen LogP contribution in [0.1, 0.15) is 50.6 Å². The van der Waals surface area contributed by atoms with Crippen molar-refractivity contribution >= 4 is 15.9 Å². The Morgan fingerprint density at radius 3 is 2.71 bits per heavy atom. The fraction of sp³-hybridized carbons (Fsp3) is 0.647. The lowest BCUT2D eigenvalue weighted by Gasteiger charge is -2.42. The number of likely N-dealkylation sites (N-methyl/N-ethyl adjacent to an activating group) is 1. The Hall–Kier alpha value is -0.420. The minimum Gasteiger partial charge on any atom is -0.391 e. The third-order valence-corrected chi connectivity index (χ3v) is 5.22. The van der Waals surface area contributed by atoms with Crippen molar-refractivity contribution in [2.75, 3.05) is 7.05 Å². The maximum absolute atomic E-state index is 10.4. The SMILES string of the molecule is CCC(N)C(c1cccc(Br)c1)N(C)C1CCCCC1O. The molecule has 0 aliphatic heterocycles. The quantitative estimate of drug-likeness (QED) is 0.850. The molecule has 21 heavy (non-hydrogen) atoms. The molecule has 1 aliphatic rings. The highest BCUT2D eigenvalue weighted by molar-refractivity contribution is 9.10. The molecule has 0 heterocycles. The first-order valence-corrected chi connectivity index (χ1v) is 8.75. The summed E-state index contributed by atoms with van der Waals surface area (Å²) in [5, 5.41) is 10.4. The molecule has 118 valence electrons. The fourth-order valence-corrected chi connectivity index (χ4v) is 3.89. The molecule has 4 atom stereocenters. The van der Waals surface area contributed by atoms with Gasteiger partial charge in [0.1, 0.15) is 0 Å². The highest BCUT2D eigenvalue weighted by Gasteiger charge is 2.33. The number of aliphatic hydroxyl groups excluding tert-OH is 1. The summed E-state index contributed by atoms with van der Waals surface area (Å²) in [7, 11) is 2.11. The van der Waals surface area contributed by atoms with E-state index in [1.54, 1.807) is 0 Å². The van der Waals surface area contributed by atoms with Gasteiger partial charge in [-0.3, -0.25) is 4.90 Å². The average Bonchev–Trinajstić information content (AvgIpc) is 2.47. The van der Waals surface area contributed by atoms with Crippen LogP contribution in [0.4, 0.5) is 0 Å². The molecule has 1 saturated carbocycles. The predicted molar refractivity (Wildman–Crippen MR) is 91.2 cm³/mol. The van der Waals surface area contributed by atoms with E-state index in [4.69, 9.17) is 5.73 Å². The summed E-state index contributed by atoms with van der Waals surface area (Å²) in [6.45, 7) is 2.13. The van der Waals surface area contributed by atoms with Gasteiger partial charge in [0.2, 0.25) is 0 Å². The summed E-state index contributed by atoms with van der Waals surface area (Å²) >= 11 is 3.55. The molecule has 1 aromatic carbocycles. The Bertz CT molecular complexity index is 454. The number of hydrogen-bond donors (Lipinski definition) is 2. The van der Waals surface area contributed by atoms with Crippen LogP contribution >= 0.6 is 15.9 Å². The largest absolute Gasteiger partial charge is 0.391 e. The van der Waals surface area contributed by atoms with Gasteiger partial charge < -0.3 is 10.8 Å². The summed E-state index contributed by atoms with van der Waals surface area (Å²) in [4.78, 5) is 2.31. The first-order chi connectivity index (χ1) is 10.0. The number of rotatable bonds is 5. The van der Waals surface area contributed by atoms with E-state index >= 15 is 0 Å². The summed E-state index contributed by atoms with van der Waals surface area (Å²) in [6, 6.07) is 8.79. The van der Waals surface area contributed by atoms with Crippen molar-refractivity contribution in [3.8, 4) is 0 Å². The van der Waals surface area contributed by atoms with E-state index < -0.39 is 0 Å². The molecule has 0 spiro atoms. The number of hydrogen-bond acceptors (Lipinski definition) is 3. The van der Waals surface area contributed by atoms with Gasteiger partial charge in [-0.05, 0) is 44.0 Å². The Balaban J connectivity index is 2.26. The van der Waals surface area contributed by atoms with Gasteiger partial charge in [-0.25, -0.2) is 0 Å². The van der Waals surface area contributed by atoms with E-state index in [1.165, 1.54) is 12.0 Å². The van der Waals surface area contributed by atoms with Crippen molar-refractivity contribution in [3.05, 3.63) is 34.3 Å². The average molecular weight is 355 g/mol. The lowest BCUT2D eigenvalue weighted by atomic mass is 9.88. The monoisotopic (exact) mass is 354 g/mol. The van der Waals surface area contributed by atoms with E-state index in [9.17, 15) is 5.11 Å². The number of nitrogens with two attached hydrogens (primary N) is 1. The van der Waals surface area contributed by atoms with Gasteiger partial charge in [-0.2, -0.15) is 0 Å². The van der Waals surface area contributed by atoms with Crippen LogP contribution in [0.25, 0.3) is 0 Å². The van der Waals surface area contributed by atoms with Gasteiger partial charge in [0.05, 0.1) is 6.10 Å². The van der Waals surface area contributed by atoms with Gasteiger partial charge in [0.15, 0.2) is 0 Å². The minimum atomic E-state index is -0.234. The first kappa shape index (κ1) is 16.9. The molecule has 1 aromatic rings. The summed E-state index contributed by atoms with van der Waals surface area (Å²) in [5.74, 6) is 0. The second kappa shape index (κ2) is 7.73. The zero-order chi connectivity index (χ0) is 15.4. The molecule has 3 nitrogen and oxygen atoms in total. The van der Waals surface area contributed by atoms with E-state index in [0.717, 1.165) is 30.2 Å². The number of aliphatic hydroxyl groups is 1. The smallest absolute Gasteiger partial charge is 0.0695 e. The molecular formula is C17H27BrN2O. The van der Waals surface area contributed by atoms with Crippen molar-refractivity contribution in [2.45, 2.75) is 63.3 Å². The molecule has 0 radical (unpaired) electrons. The summed E-state index contributed by atoms with van der Waals surface area (Å²) in [5.41, 5.74) is 7.64. The van der Waals surface area contributed by atoms with Crippen molar-refractivity contribution in [2.24, 2.45) is 5.73 Å². The topological polar surface area (TPSA) is 49.5 Å². The van der Waals surface area contributed by atoms with Crippen LogP contribution in [0.5, 0.6) is 0 Å². The summed E-state index contributed by atoms with van der Waals surface area (Å²) < 4.78 is 1.07. The van der Waals surface area contributed by atoms with Crippen molar-refractivity contribution in [1.29, 1.82) is 0 Å². The van der Waals surface area contributed by atoms with Crippen LogP contribution in [0.2, 0.25) is 0 Å². The molecule has 0 aromatic heterocycles. The lowest BCUT2D eigenvalue weighted by molar-refractivity contribution is 0.00643. The van der Waals surface area contributed by atoms with E-state index in [-0.39, 0.29) is 24.2 Å². The molecule has 3 N–H and O–H groups in total. The lowest BCUT2D eigenvalue weighted by Crippen LogP contribution is -2.49. The highest BCUT2D eigenvalue weighted by Crippen LogP contribution is 2.32. The maximum atomic E-state index is 10.4. The molecule has 4 unspecified atom stereocenters. The minimum absolute atomic E-state index is 0.0680. The Labute approximate surface area is 136 Å². The van der Waals surface area contributed by atoms with E-state index in [2.05, 4.69) is 53.0 Å². The van der Waals surface area contributed by atoms with Gasteiger partial charge >= 0.3 is 0 Å². The van der Waals surface area contributed by atoms with Crippen molar-refractivity contribution in [3.63, 3.8) is 0 Å². The molecule has 1 fully saturated rings. The van der Waals surface area contributed by atoms with Crippen molar-refractivity contribution in [1.82, 2.24) is 4.90 Å². The molecule has 1 aliphatic carbocycles. The first-order valence-electron chi connectivity index (χ1n) is 7.95. The molecule has 0 amide bonds. The molecule has 0 bridgehead atoms. The van der Waals surface area contributed by atoms with E-state index in [0.29, 0.717) is 0 Å².